The van der Waals surface area contributed by atoms with Crippen LogP contribution in [-0.4, -0.2) is 85.5 Å². The summed E-state index contributed by atoms with van der Waals surface area (Å²) in [6.07, 6.45) is 1.03. The highest BCUT2D eigenvalue weighted by Crippen LogP contribution is 2.33. The number of nitrogens with one attached hydrogen (secondary N) is 1. The van der Waals surface area contributed by atoms with Gasteiger partial charge < -0.3 is 19.3 Å². The van der Waals surface area contributed by atoms with Crippen molar-refractivity contribution in [1.29, 1.82) is 0 Å². The van der Waals surface area contributed by atoms with Gasteiger partial charge in [0.25, 0.3) is 6.01 Å². The fourth-order valence-electron chi connectivity index (χ4n) is 5.26. The lowest BCUT2D eigenvalue weighted by Gasteiger charge is -2.31. The van der Waals surface area contributed by atoms with Crippen LogP contribution in [0.3, 0.4) is 0 Å². The van der Waals surface area contributed by atoms with Gasteiger partial charge in [0.15, 0.2) is 11.8 Å². The Morgan fingerprint density at radius 2 is 1.70 bits per heavy atom. The first-order valence-corrected chi connectivity index (χ1v) is 15.4. The maximum absolute atomic E-state index is 12.8. The number of benzene rings is 2. The van der Waals surface area contributed by atoms with Gasteiger partial charge in [-0.25, -0.2) is 13.5 Å². The maximum Gasteiger partial charge on any atom is 0.296 e. The summed E-state index contributed by atoms with van der Waals surface area (Å²) in [4.78, 5) is 12.3. The number of rotatable bonds is 6. The van der Waals surface area contributed by atoms with Gasteiger partial charge in [-0.2, -0.15) is 9.35 Å². The number of nitrogens with zero attached hydrogens (tertiary/aromatic N) is 4. The molecule has 3 fully saturated rings. The third-order valence-electron chi connectivity index (χ3n) is 7.58. The van der Waals surface area contributed by atoms with E-state index in [2.05, 4.69) is 14.3 Å². The minimum absolute atomic E-state index is 0.233. The molecule has 0 radical (unpaired) electrons. The van der Waals surface area contributed by atoms with Gasteiger partial charge in [0.1, 0.15) is 33.7 Å². The predicted molar refractivity (Wildman–Crippen MR) is 152 cm³/mol. The summed E-state index contributed by atoms with van der Waals surface area (Å²) in [6, 6.07) is 17.8. The molecule has 5 atom stereocenters. The molecule has 1 unspecified atom stereocenters. The normalized spacial score (nSPS) is 25.9. The number of H-pyrrole nitrogens is 1. The number of imidazole rings is 1. The molecule has 0 bridgehead atoms. The summed E-state index contributed by atoms with van der Waals surface area (Å²) < 4.78 is 36.5. The Balaban J connectivity index is 1.08. The zero-order valence-corrected chi connectivity index (χ0v) is 23.3. The Labute approximate surface area is 236 Å². The van der Waals surface area contributed by atoms with Crippen LogP contribution >= 0.6 is 11.6 Å². The van der Waals surface area contributed by atoms with Crippen molar-refractivity contribution >= 4 is 38.4 Å². The molecule has 0 aliphatic carbocycles. The highest BCUT2D eigenvalue weighted by Gasteiger charge is 2.48. The van der Waals surface area contributed by atoms with Crippen molar-refractivity contribution in [2.45, 2.75) is 30.8 Å². The van der Waals surface area contributed by atoms with Crippen LogP contribution < -0.4 is 4.74 Å². The van der Waals surface area contributed by atoms with Gasteiger partial charge >= 0.3 is 0 Å². The predicted octanol–water partition coefficient (Wildman–Crippen LogP) is 4.20. The summed E-state index contributed by atoms with van der Waals surface area (Å²) in [5.74, 6) is 0. The van der Waals surface area contributed by atoms with Crippen LogP contribution in [0.2, 0.25) is 5.02 Å². The van der Waals surface area contributed by atoms with E-state index in [1.165, 1.54) is 0 Å². The van der Waals surface area contributed by atoms with E-state index < -0.39 is 16.0 Å². The van der Waals surface area contributed by atoms with Crippen molar-refractivity contribution in [3.05, 3.63) is 59.6 Å². The number of aliphatic hydroxyl groups is 1. The van der Waals surface area contributed by atoms with Crippen LogP contribution in [0, 0.1) is 0 Å². The Kier molecular flexibility index (Phi) is 6.53. The van der Waals surface area contributed by atoms with Crippen molar-refractivity contribution in [3.63, 3.8) is 0 Å². The number of hydrogen-bond donors (Lipinski definition) is 2. The number of pyridine rings is 1. The topological polar surface area (TPSA) is 122 Å². The first kappa shape index (κ1) is 25.9. The van der Waals surface area contributed by atoms with Gasteiger partial charge in [-0.1, -0.05) is 48.0 Å². The van der Waals surface area contributed by atoms with Crippen molar-refractivity contribution in [3.8, 4) is 28.4 Å². The molecular weight excluding hydrogens is 554 g/mol. The number of aromatic nitrogens is 3. The largest absolute Gasteiger partial charge is 0.456 e. The van der Waals surface area contributed by atoms with E-state index in [0.717, 1.165) is 36.2 Å². The summed E-state index contributed by atoms with van der Waals surface area (Å²) in [7, 11) is -2.37. The lowest BCUT2D eigenvalue weighted by molar-refractivity contribution is 0.00706. The lowest BCUT2D eigenvalue weighted by atomic mass is 10.0. The molecule has 2 aromatic heterocycles. The Hall–Kier alpha value is -3.06. The second-order valence-electron chi connectivity index (χ2n) is 10.3. The van der Waals surface area contributed by atoms with Crippen LogP contribution in [-0.2, 0) is 19.4 Å². The van der Waals surface area contributed by atoms with Gasteiger partial charge in [0.2, 0.25) is 0 Å². The monoisotopic (exact) mass is 581 g/mol. The first-order valence-electron chi connectivity index (χ1n) is 13.2. The van der Waals surface area contributed by atoms with Gasteiger partial charge in [-0.05, 0) is 35.7 Å². The second-order valence-corrected chi connectivity index (χ2v) is 12.9. The third kappa shape index (κ3) is 4.76. The summed E-state index contributed by atoms with van der Waals surface area (Å²) >= 11 is 6.61. The fourth-order valence-corrected chi connectivity index (χ4v) is 7.08. The number of ether oxygens (including phenoxy) is 3. The zero-order chi connectivity index (χ0) is 27.4. The van der Waals surface area contributed by atoms with Crippen LogP contribution in [0.1, 0.15) is 6.42 Å². The van der Waals surface area contributed by atoms with Gasteiger partial charge in [0, 0.05) is 24.9 Å². The molecule has 7 rings (SSSR count). The molecule has 10 nitrogen and oxygen atoms in total. The molecule has 0 amide bonds. The van der Waals surface area contributed by atoms with Gasteiger partial charge in [0.05, 0.1) is 29.6 Å². The molecule has 3 saturated heterocycles. The molecule has 12 heteroatoms. The van der Waals surface area contributed by atoms with E-state index >= 15 is 0 Å². The van der Waals surface area contributed by atoms with Gasteiger partial charge in [-0.15, -0.1) is 0 Å². The number of aliphatic hydroxyl groups excluding tert-OH is 1. The van der Waals surface area contributed by atoms with Crippen molar-refractivity contribution < 1.29 is 23.5 Å². The van der Waals surface area contributed by atoms with Crippen LogP contribution in [0.4, 0.5) is 5.69 Å². The molecule has 2 N–H and O–H groups in total. The molecule has 3 aliphatic rings. The smallest absolute Gasteiger partial charge is 0.296 e. The van der Waals surface area contributed by atoms with Gasteiger partial charge in [-0.3, -0.25) is 4.98 Å². The number of aromatic amines is 1. The van der Waals surface area contributed by atoms with Crippen molar-refractivity contribution in [1.82, 2.24) is 19.3 Å². The van der Waals surface area contributed by atoms with E-state index in [9.17, 15) is 9.32 Å². The average Bonchev–Trinajstić information content (AvgIpc) is 3.59. The summed E-state index contributed by atoms with van der Waals surface area (Å²) in [5.41, 5.74) is 5.38. The molecular formula is C28H28ClN5O5S. The summed E-state index contributed by atoms with van der Waals surface area (Å²) in [6.45, 7) is 2.21. The third-order valence-corrected chi connectivity index (χ3v) is 9.74. The second kappa shape index (κ2) is 10.1. The lowest BCUT2D eigenvalue weighted by Crippen LogP contribution is -2.40. The SMILES string of the molecule is CS(=O)(=Nc1ccc(-c2ccc(-c3nc4[nH]c(O[C@@H]5CO[C@H]6[C@@H]5OC[C@H]6O)nc4cc3Cl)cc2)cc1)N1CCC1. The van der Waals surface area contributed by atoms with Crippen molar-refractivity contribution in [2.24, 2.45) is 4.36 Å². The minimum Gasteiger partial charge on any atom is -0.456 e. The van der Waals surface area contributed by atoms with E-state index in [4.69, 9.17) is 30.8 Å². The number of fused-ring (bicyclic) bond motifs is 2. The molecule has 4 aromatic rings. The number of hydrogen-bond acceptors (Lipinski definition) is 8. The van der Waals surface area contributed by atoms with Crippen LogP contribution in [0.25, 0.3) is 33.5 Å². The highest BCUT2D eigenvalue weighted by molar-refractivity contribution is 7.90. The minimum atomic E-state index is -2.37. The van der Waals surface area contributed by atoms with E-state index in [1.807, 2.05) is 52.8 Å². The number of halogens is 1. The Morgan fingerprint density at radius 3 is 2.40 bits per heavy atom. The van der Waals surface area contributed by atoms with Crippen molar-refractivity contribution in [2.75, 3.05) is 32.6 Å². The summed E-state index contributed by atoms with van der Waals surface area (Å²) in [5, 5.41) is 10.4. The van der Waals surface area contributed by atoms with E-state index in [0.29, 0.717) is 40.2 Å². The highest BCUT2D eigenvalue weighted by atomic mass is 35.5. The quantitative estimate of drug-likeness (QED) is 0.350. The molecule has 5 heterocycles. The molecule has 208 valence electrons. The first-order chi connectivity index (χ1) is 19.3. The Bertz CT molecular complexity index is 1680. The molecule has 0 spiro atoms. The molecule has 0 saturated carbocycles. The van der Waals surface area contributed by atoms with E-state index in [-0.39, 0.29) is 24.9 Å². The Morgan fingerprint density at radius 1 is 1.02 bits per heavy atom. The average molecular weight is 582 g/mol. The molecule has 40 heavy (non-hydrogen) atoms. The van der Waals surface area contributed by atoms with E-state index in [1.54, 1.807) is 12.3 Å². The zero-order valence-electron chi connectivity index (χ0n) is 21.7. The maximum atomic E-state index is 12.8. The van der Waals surface area contributed by atoms with Crippen LogP contribution in [0.15, 0.2) is 59.0 Å². The fraction of sp³-hybridized carbons (Fsp3) is 0.357. The van der Waals surface area contributed by atoms with Crippen LogP contribution in [0.5, 0.6) is 6.01 Å². The molecule has 2 aromatic carbocycles. The standard InChI is InChI=1S/C28H28ClN5O5S/c1-40(36,34-11-2-12-34)33-19-9-7-17(8-10-19)16-3-5-18(6-4-16)24-20(29)13-21-27(31-24)32-28(30-21)39-23-15-38-25-22(35)14-37-26(23)25/h3-10,13,22-23,25-26,35H,2,11-12,14-15H2,1H3,(H,30,31,32)/t22-,23-,25-,26-,40?/m1/s1. The molecule has 3 aliphatic heterocycles.